The van der Waals surface area contributed by atoms with E-state index in [1.54, 1.807) is 0 Å². The maximum absolute atomic E-state index is 13.3. The summed E-state index contributed by atoms with van der Waals surface area (Å²) >= 11 is 0. The van der Waals surface area contributed by atoms with E-state index >= 15 is 0 Å². The van der Waals surface area contributed by atoms with Gasteiger partial charge in [0, 0.05) is 18.5 Å². The number of nitrogens with zero attached hydrogens (tertiary/aromatic N) is 1. The first-order valence-electron chi connectivity index (χ1n) is 4.29. The fourth-order valence-electron chi connectivity index (χ4n) is 1.58. The first kappa shape index (κ1) is 10.5. The number of benzene rings is 1. The second kappa shape index (κ2) is 3.26. The SMILES string of the molecule is Cn1c(C(=O)O)cc2c(F)c(F)c(F)cc21. The fourth-order valence-corrected chi connectivity index (χ4v) is 1.58. The van der Waals surface area contributed by atoms with Gasteiger partial charge in [-0.3, -0.25) is 0 Å². The van der Waals surface area contributed by atoms with Crippen LogP contribution in [0.15, 0.2) is 12.1 Å². The molecule has 0 saturated heterocycles. The first-order chi connectivity index (χ1) is 7.43. The molecule has 0 saturated carbocycles. The van der Waals surface area contributed by atoms with Crippen LogP contribution in [0.1, 0.15) is 10.5 Å². The molecule has 2 rings (SSSR count). The zero-order valence-corrected chi connectivity index (χ0v) is 8.09. The number of aromatic nitrogens is 1. The lowest BCUT2D eigenvalue weighted by Gasteiger charge is -2.00. The van der Waals surface area contributed by atoms with Crippen LogP contribution in [0, 0.1) is 17.5 Å². The molecule has 0 bridgehead atoms. The Hall–Kier alpha value is -1.98. The Morgan fingerprint density at radius 1 is 1.25 bits per heavy atom. The Balaban J connectivity index is 2.92. The van der Waals surface area contributed by atoms with Gasteiger partial charge in [0.25, 0.3) is 0 Å². The Bertz CT molecular complexity index is 604. The Kier molecular flexibility index (Phi) is 2.15. The van der Waals surface area contributed by atoms with Crippen LogP contribution in [0.4, 0.5) is 13.2 Å². The standard InChI is InChI=1S/C10H6F3NO2/c1-14-6-3-5(11)9(13)8(12)4(6)2-7(14)10(15)16/h2-3H,1H3,(H,15,16). The smallest absolute Gasteiger partial charge is 0.352 e. The van der Waals surface area contributed by atoms with Gasteiger partial charge in [-0.2, -0.15) is 0 Å². The van der Waals surface area contributed by atoms with Crippen LogP contribution in [-0.4, -0.2) is 15.6 Å². The van der Waals surface area contributed by atoms with Crippen molar-refractivity contribution in [3.8, 4) is 0 Å². The first-order valence-corrected chi connectivity index (χ1v) is 4.29. The number of carboxylic acid groups (broad SMARTS) is 1. The van der Waals surface area contributed by atoms with Crippen molar-refractivity contribution in [3.05, 3.63) is 35.3 Å². The van der Waals surface area contributed by atoms with Crippen molar-refractivity contribution in [1.29, 1.82) is 0 Å². The van der Waals surface area contributed by atoms with Crippen LogP contribution in [-0.2, 0) is 7.05 Å². The fraction of sp³-hybridized carbons (Fsp3) is 0.100. The van der Waals surface area contributed by atoms with Gasteiger partial charge in [-0.25, -0.2) is 18.0 Å². The van der Waals surface area contributed by atoms with Crippen LogP contribution < -0.4 is 0 Å². The molecule has 1 aromatic heterocycles. The topological polar surface area (TPSA) is 42.2 Å². The van der Waals surface area contributed by atoms with Crippen LogP contribution >= 0.6 is 0 Å². The Morgan fingerprint density at radius 2 is 1.88 bits per heavy atom. The minimum Gasteiger partial charge on any atom is -0.477 e. The van der Waals surface area contributed by atoms with Crippen LogP contribution in [0.5, 0.6) is 0 Å². The van der Waals surface area contributed by atoms with Gasteiger partial charge in [-0.15, -0.1) is 0 Å². The van der Waals surface area contributed by atoms with Gasteiger partial charge in [0.05, 0.1) is 5.52 Å². The molecule has 84 valence electrons. The molecule has 1 N–H and O–H groups in total. The van der Waals surface area contributed by atoms with Crippen molar-refractivity contribution < 1.29 is 23.1 Å². The van der Waals surface area contributed by atoms with Gasteiger partial charge in [0.15, 0.2) is 17.5 Å². The van der Waals surface area contributed by atoms with Crippen molar-refractivity contribution >= 4 is 16.9 Å². The normalized spacial score (nSPS) is 11.0. The van der Waals surface area contributed by atoms with Gasteiger partial charge in [-0.1, -0.05) is 0 Å². The van der Waals surface area contributed by atoms with Crippen LogP contribution in [0.25, 0.3) is 10.9 Å². The molecule has 16 heavy (non-hydrogen) atoms. The quantitative estimate of drug-likeness (QED) is 0.762. The number of carboxylic acids is 1. The minimum absolute atomic E-state index is 0.00574. The predicted molar refractivity (Wildman–Crippen MR) is 49.8 cm³/mol. The highest BCUT2D eigenvalue weighted by molar-refractivity contribution is 5.94. The number of hydrogen-bond acceptors (Lipinski definition) is 1. The monoisotopic (exact) mass is 229 g/mol. The molecule has 6 heteroatoms. The molecule has 0 aliphatic carbocycles. The van der Waals surface area contributed by atoms with Crippen molar-refractivity contribution in [2.24, 2.45) is 7.05 Å². The van der Waals surface area contributed by atoms with Crippen LogP contribution in [0.2, 0.25) is 0 Å². The average Bonchev–Trinajstić information content (AvgIpc) is 2.54. The predicted octanol–water partition coefficient (Wildman–Crippen LogP) is 2.29. The molecular weight excluding hydrogens is 223 g/mol. The van der Waals surface area contributed by atoms with Gasteiger partial charge in [-0.05, 0) is 6.07 Å². The highest BCUT2D eigenvalue weighted by Crippen LogP contribution is 2.25. The van der Waals surface area contributed by atoms with E-state index in [0.717, 1.165) is 16.7 Å². The van der Waals surface area contributed by atoms with Crippen LogP contribution in [0.3, 0.4) is 0 Å². The number of aromatic carboxylic acids is 1. The Morgan fingerprint density at radius 3 is 2.44 bits per heavy atom. The van der Waals surface area contributed by atoms with Gasteiger partial charge in [0.1, 0.15) is 5.69 Å². The third-order valence-electron chi connectivity index (χ3n) is 2.40. The lowest BCUT2D eigenvalue weighted by atomic mass is 10.2. The summed E-state index contributed by atoms with van der Waals surface area (Å²) in [6, 6.07) is 1.73. The van der Waals surface area contributed by atoms with Crippen molar-refractivity contribution in [1.82, 2.24) is 4.57 Å². The number of hydrogen-bond donors (Lipinski definition) is 1. The maximum atomic E-state index is 13.3. The van der Waals surface area contributed by atoms with E-state index in [1.165, 1.54) is 7.05 Å². The third-order valence-corrected chi connectivity index (χ3v) is 2.40. The minimum atomic E-state index is -1.60. The van der Waals surface area contributed by atoms with E-state index in [4.69, 9.17) is 5.11 Å². The van der Waals surface area contributed by atoms with E-state index in [0.29, 0.717) is 0 Å². The highest BCUT2D eigenvalue weighted by atomic mass is 19.2. The lowest BCUT2D eigenvalue weighted by Crippen LogP contribution is -2.03. The van der Waals surface area contributed by atoms with Gasteiger partial charge in [0.2, 0.25) is 0 Å². The number of carbonyl (C=O) groups is 1. The molecule has 0 aliphatic rings. The number of fused-ring (bicyclic) bond motifs is 1. The summed E-state index contributed by atoms with van der Waals surface area (Å²) in [6.07, 6.45) is 0. The van der Waals surface area contributed by atoms with E-state index in [2.05, 4.69) is 0 Å². The molecule has 0 radical (unpaired) electrons. The zero-order chi connectivity index (χ0) is 12.0. The molecule has 2 aromatic rings. The summed E-state index contributed by atoms with van der Waals surface area (Å²) in [6.45, 7) is 0. The molecule has 3 nitrogen and oxygen atoms in total. The molecule has 0 unspecified atom stereocenters. The molecule has 0 atom stereocenters. The average molecular weight is 229 g/mol. The van der Waals surface area contributed by atoms with E-state index < -0.39 is 23.4 Å². The van der Waals surface area contributed by atoms with E-state index in [1.807, 2.05) is 0 Å². The summed E-state index contributed by atoms with van der Waals surface area (Å²) in [7, 11) is 1.34. The Labute approximate surface area is 87.7 Å². The summed E-state index contributed by atoms with van der Waals surface area (Å²) in [4.78, 5) is 10.7. The van der Waals surface area contributed by atoms with Gasteiger partial charge < -0.3 is 9.67 Å². The van der Waals surface area contributed by atoms with Crippen molar-refractivity contribution in [3.63, 3.8) is 0 Å². The van der Waals surface area contributed by atoms with E-state index in [-0.39, 0.29) is 16.6 Å². The zero-order valence-electron chi connectivity index (χ0n) is 8.09. The molecule has 0 fully saturated rings. The molecular formula is C10H6F3NO2. The molecule has 1 heterocycles. The van der Waals surface area contributed by atoms with Crippen molar-refractivity contribution in [2.75, 3.05) is 0 Å². The third kappa shape index (κ3) is 1.26. The lowest BCUT2D eigenvalue weighted by molar-refractivity contribution is 0.0687. The summed E-state index contributed by atoms with van der Waals surface area (Å²) in [5.41, 5.74) is -0.243. The number of rotatable bonds is 1. The molecule has 0 amide bonds. The van der Waals surface area contributed by atoms with Gasteiger partial charge >= 0.3 is 5.97 Å². The number of aryl methyl sites for hydroxylation is 1. The number of halogens is 3. The second-order valence-electron chi connectivity index (χ2n) is 3.31. The molecule has 1 aromatic carbocycles. The summed E-state index contributed by atoms with van der Waals surface area (Å²) in [5, 5.41) is 8.51. The molecule has 0 aliphatic heterocycles. The molecule has 0 spiro atoms. The van der Waals surface area contributed by atoms with E-state index in [9.17, 15) is 18.0 Å². The van der Waals surface area contributed by atoms with Crippen molar-refractivity contribution in [2.45, 2.75) is 0 Å². The summed E-state index contributed by atoms with van der Waals surface area (Å²) < 4.78 is 40.2. The highest BCUT2D eigenvalue weighted by Gasteiger charge is 2.19. The second-order valence-corrected chi connectivity index (χ2v) is 3.31. The maximum Gasteiger partial charge on any atom is 0.352 e. The summed E-state index contributed by atoms with van der Waals surface area (Å²) in [5.74, 6) is -5.62. The largest absolute Gasteiger partial charge is 0.477 e.